The molecule has 1 fully saturated rings. The summed E-state index contributed by atoms with van der Waals surface area (Å²) in [5.74, 6) is -0.669. The van der Waals surface area contributed by atoms with Crippen LogP contribution in [-0.4, -0.2) is 32.4 Å². The average molecular weight is 314 g/mol. The van der Waals surface area contributed by atoms with Gasteiger partial charge in [-0.15, -0.1) is 0 Å². The fourth-order valence-corrected chi connectivity index (χ4v) is 3.83. The molecule has 0 heterocycles. The zero-order valence-corrected chi connectivity index (χ0v) is 13.4. The number of benzene rings is 1. The van der Waals surface area contributed by atoms with E-state index in [1.54, 1.807) is 6.07 Å². The second-order valence-corrected chi connectivity index (χ2v) is 7.51. The monoisotopic (exact) mass is 314 g/mol. The Balaban J connectivity index is 2.15. The molecule has 0 bridgehead atoms. The highest BCUT2D eigenvalue weighted by molar-refractivity contribution is 7.89. The number of hydrogen-bond acceptors (Lipinski definition) is 3. The van der Waals surface area contributed by atoms with Gasteiger partial charge in [-0.05, 0) is 43.5 Å². The fraction of sp³-hybridized carbons (Fsp3) is 0.600. The molecule has 1 saturated carbocycles. The maximum atomic E-state index is 14.2. The van der Waals surface area contributed by atoms with Gasteiger partial charge in [-0.2, -0.15) is 4.31 Å². The molecule has 2 rings (SSSR count). The van der Waals surface area contributed by atoms with Gasteiger partial charge in [-0.25, -0.2) is 12.8 Å². The third-order valence-electron chi connectivity index (χ3n) is 4.00. The van der Waals surface area contributed by atoms with E-state index in [4.69, 9.17) is 0 Å². The Kier molecular flexibility index (Phi) is 5.35. The third-order valence-corrected chi connectivity index (χ3v) is 5.94. The van der Waals surface area contributed by atoms with Crippen molar-refractivity contribution in [2.45, 2.75) is 50.1 Å². The maximum Gasteiger partial charge on any atom is 0.245 e. The Morgan fingerprint density at radius 3 is 2.62 bits per heavy atom. The van der Waals surface area contributed by atoms with Crippen LogP contribution in [0.5, 0.6) is 0 Å². The van der Waals surface area contributed by atoms with Gasteiger partial charge in [0.15, 0.2) is 0 Å². The van der Waals surface area contributed by atoms with E-state index in [1.807, 2.05) is 0 Å². The molecule has 1 aromatic carbocycles. The van der Waals surface area contributed by atoms with E-state index in [1.165, 1.54) is 23.5 Å². The molecule has 0 radical (unpaired) electrons. The predicted molar refractivity (Wildman–Crippen MR) is 81.0 cm³/mol. The molecule has 6 heteroatoms. The molecule has 21 heavy (non-hydrogen) atoms. The molecule has 0 spiro atoms. The minimum atomic E-state index is -3.73. The summed E-state index contributed by atoms with van der Waals surface area (Å²) >= 11 is 0. The molecule has 1 aromatic rings. The molecule has 0 amide bonds. The lowest BCUT2D eigenvalue weighted by Crippen LogP contribution is -2.41. The van der Waals surface area contributed by atoms with Crippen molar-refractivity contribution in [2.75, 3.05) is 13.6 Å². The summed E-state index contributed by atoms with van der Waals surface area (Å²) in [5.41, 5.74) is 0.756. The van der Waals surface area contributed by atoms with E-state index >= 15 is 0 Å². The van der Waals surface area contributed by atoms with Crippen molar-refractivity contribution < 1.29 is 12.8 Å². The standard InChI is InChI=1S/C15H23FN2O2S/c1-3-9-17-11-12-7-8-15(14(16)10-12)21(19,20)18(2)13-5-4-6-13/h7-8,10,13,17H,3-6,9,11H2,1-2H3. The zero-order chi connectivity index (χ0) is 15.5. The quantitative estimate of drug-likeness (QED) is 0.787. The van der Waals surface area contributed by atoms with Crippen molar-refractivity contribution in [1.29, 1.82) is 0 Å². The summed E-state index contributed by atoms with van der Waals surface area (Å²) < 4.78 is 40.3. The van der Waals surface area contributed by atoms with Crippen molar-refractivity contribution in [3.05, 3.63) is 29.6 Å². The summed E-state index contributed by atoms with van der Waals surface area (Å²) in [7, 11) is -2.20. The van der Waals surface area contributed by atoms with Crippen molar-refractivity contribution in [3.8, 4) is 0 Å². The first kappa shape index (κ1) is 16.4. The average Bonchev–Trinajstić information content (AvgIpc) is 2.36. The van der Waals surface area contributed by atoms with Crippen molar-refractivity contribution in [3.63, 3.8) is 0 Å². The molecule has 1 N–H and O–H groups in total. The number of halogens is 1. The number of hydrogen-bond donors (Lipinski definition) is 1. The normalized spacial score (nSPS) is 16.2. The first-order valence-corrected chi connectivity index (χ1v) is 8.88. The van der Waals surface area contributed by atoms with E-state index in [9.17, 15) is 12.8 Å². The van der Waals surface area contributed by atoms with Gasteiger partial charge in [0.2, 0.25) is 10.0 Å². The lowest BCUT2D eigenvalue weighted by Gasteiger charge is -2.33. The lowest BCUT2D eigenvalue weighted by atomic mass is 9.94. The van der Waals surface area contributed by atoms with Gasteiger partial charge in [-0.3, -0.25) is 0 Å². The Bertz CT molecular complexity index is 585. The summed E-state index contributed by atoms with van der Waals surface area (Å²) in [6, 6.07) is 4.38. The van der Waals surface area contributed by atoms with Gasteiger partial charge in [0.1, 0.15) is 10.7 Å². The summed E-state index contributed by atoms with van der Waals surface area (Å²) in [4.78, 5) is -0.226. The van der Waals surface area contributed by atoms with Gasteiger partial charge < -0.3 is 5.32 Å². The minimum Gasteiger partial charge on any atom is -0.313 e. The van der Waals surface area contributed by atoms with Crippen LogP contribution >= 0.6 is 0 Å². The van der Waals surface area contributed by atoms with E-state index < -0.39 is 15.8 Å². The van der Waals surface area contributed by atoms with Crippen LogP contribution in [0.2, 0.25) is 0 Å². The Hall–Kier alpha value is -0.980. The molecule has 118 valence electrons. The van der Waals surface area contributed by atoms with Crippen LogP contribution in [-0.2, 0) is 16.6 Å². The summed E-state index contributed by atoms with van der Waals surface area (Å²) in [6.45, 7) is 3.45. The van der Waals surface area contributed by atoms with E-state index in [2.05, 4.69) is 12.2 Å². The predicted octanol–water partition coefficient (Wildman–Crippen LogP) is 2.50. The SMILES string of the molecule is CCCNCc1ccc(S(=O)(=O)N(C)C2CCC2)c(F)c1. The highest BCUT2D eigenvalue weighted by Crippen LogP contribution is 2.29. The largest absolute Gasteiger partial charge is 0.313 e. The molecule has 0 aromatic heterocycles. The second kappa shape index (κ2) is 6.85. The number of sulfonamides is 1. The van der Waals surface area contributed by atoms with Gasteiger partial charge in [0, 0.05) is 19.6 Å². The number of nitrogens with one attached hydrogen (secondary N) is 1. The molecule has 0 unspecified atom stereocenters. The van der Waals surface area contributed by atoms with Crippen LogP contribution in [0.15, 0.2) is 23.1 Å². The van der Waals surface area contributed by atoms with Gasteiger partial charge in [0.25, 0.3) is 0 Å². The molecule has 0 saturated heterocycles. The number of nitrogens with zero attached hydrogens (tertiary/aromatic N) is 1. The van der Waals surface area contributed by atoms with Crippen LogP contribution in [0.4, 0.5) is 4.39 Å². The van der Waals surface area contributed by atoms with Crippen LogP contribution in [0.1, 0.15) is 38.2 Å². The van der Waals surface area contributed by atoms with Crippen LogP contribution in [0.3, 0.4) is 0 Å². The highest BCUT2D eigenvalue weighted by atomic mass is 32.2. The molecule has 4 nitrogen and oxygen atoms in total. The highest BCUT2D eigenvalue weighted by Gasteiger charge is 2.33. The molecular formula is C15H23FN2O2S. The van der Waals surface area contributed by atoms with Crippen LogP contribution in [0, 0.1) is 5.82 Å². The first-order chi connectivity index (χ1) is 9.96. The van der Waals surface area contributed by atoms with Gasteiger partial charge in [-0.1, -0.05) is 19.4 Å². The van der Waals surface area contributed by atoms with Crippen LogP contribution < -0.4 is 5.32 Å². The molecule has 0 atom stereocenters. The summed E-state index contributed by atoms with van der Waals surface area (Å²) in [5, 5.41) is 3.17. The fourth-order valence-electron chi connectivity index (χ4n) is 2.37. The van der Waals surface area contributed by atoms with Crippen molar-refractivity contribution in [2.24, 2.45) is 0 Å². The maximum absolute atomic E-state index is 14.2. The molecule has 0 aliphatic heterocycles. The molecule has 1 aliphatic rings. The van der Waals surface area contributed by atoms with Crippen LogP contribution in [0.25, 0.3) is 0 Å². The van der Waals surface area contributed by atoms with Gasteiger partial charge in [0.05, 0.1) is 0 Å². The molecule has 1 aliphatic carbocycles. The topological polar surface area (TPSA) is 49.4 Å². The zero-order valence-electron chi connectivity index (χ0n) is 12.6. The first-order valence-electron chi connectivity index (χ1n) is 7.44. The smallest absolute Gasteiger partial charge is 0.245 e. The van der Waals surface area contributed by atoms with Gasteiger partial charge >= 0.3 is 0 Å². The van der Waals surface area contributed by atoms with Crippen molar-refractivity contribution >= 4 is 10.0 Å². The van der Waals surface area contributed by atoms with Crippen molar-refractivity contribution in [1.82, 2.24) is 9.62 Å². The summed E-state index contributed by atoms with van der Waals surface area (Å²) in [6.07, 6.45) is 3.75. The Labute approximate surface area is 126 Å². The molecular weight excluding hydrogens is 291 g/mol. The minimum absolute atomic E-state index is 0.0142. The van der Waals surface area contributed by atoms with E-state index in [0.717, 1.165) is 37.8 Å². The number of rotatable bonds is 7. The Morgan fingerprint density at radius 2 is 2.10 bits per heavy atom. The van der Waals surface area contributed by atoms with E-state index in [-0.39, 0.29) is 10.9 Å². The second-order valence-electron chi connectivity index (χ2n) is 5.55. The third kappa shape index (κ3) is 3.62. The Morgan fingerprint density at radius 1 is 1.38 bits per heavy atom. The lowest BCUT2D eigenvalue weighted by molar-refractivity contribution is 0.249. The van der Waals surface area contributed by atoms with E-state index in [0.29, 0.717) is 6.54 Å².